The first kappa shape index (κ1) is 20.5. The van der Waals surface area contributed by atoms with Crippen molar-refractivity contribution in [3.05, 3.63) is 11.6 Å². The molecule has 6 atom stereocenters. The topological polar surface area (TPSA) is 97.7 Å². The summed E-state index contributed by atoms with van der Waals surface area (Å²) >= 11 is 0. The Morgan fingerprint density at radius 2 is 1.90 bits per heavy atom. The van der Waals surface area contributed by atoms with Gasteiger partial charge in [0.25, 0.3) is 0 Å². The zero-order chi connectivity index (χ0) is 21.2. The third kappa shape index (κ3) is 2.78. The molecule has 0 aromatic carbocycles. The summed E-state index contributed by atoms with van der Waals surface area (Å²) in [6.45, 7) is 4.76. The molecule has 4 rings (SSSR count). The average molecular weight is 402 g/mol. The summed E-state index contributed by atoms with van der Waals surface area (Å²) in [5.41, 5.74) is -1.68. The summed E-state index contributed by atoms with van der Waals surface area (Å²) in [6.07, 6.45) is 5.66. The largest absolute Gasteiger partial charge is 0.458 e. The summed E-state index contributed by atoms with van der Waals surface area (Å²) in [4.78, 5) is 49.4. The predicted octanol–water partition coefficient (Wildman–Crippen LogP) is 2.56. The van der Waals surface area contributed by atoms with Crippen LogP contribution < -0.4 is 0 Å². The Morgan fingerprint density at radius 1 is 1.17 bits per heavy atom. The van der Waals surface area contributed by atoms with Gasteiger partial charge in [-0.25, -0.2) is 0 Å². The van der Waals surface area contributed by atoms with Gasteiger partial charge >= 0.3 is 5.97 Å². The number of fused-ring (bicyclic) bond motifs is 5. The van der Waals surface area contributed by atoms with E-state index >= 15 is 0 Å². The molecule has 0 spiro atoms. The molecule has 0 aromatic rings. The number of carbonyl (C=O) groups excluding carboxylic acids is 4. The molecule has 0 amide bonds. The lowest BCUT2D eigenvalue weighted by Crippen LogP contribution is -2.61. The molecular formula is C23H30O6. The van der Waals surface area contributed by atoms with Crippen molar-refractivity contribution in [3.8, 4) is 0 Å². The van der Waals surface area contributed by atoms with Gasteiger partial charge in [0.2, 0.25) is 5.78 Å². The van der Waals surface area contributed by atoms with Crippen LogP contribution in [-0.4, -0.2) is 40.6 Å². The van der Waals surface area contributed by atoms with Crippen molar-refractivity contribution in [2.24, 2.45) is 28.6 Å². The fraction of sp³-hybridized carbons (Fsp3) is 0.739. The zero-order valence-corrected chi connectivity index (χ0v) is 17.5. The first-order chi connectivity index (χ1) is 13.5. The van der Waals surface area contributed by atoms with E-state index in [2.05, 4.69) is 6.92 Å². The normalized spacial score (nSPS) is 43.7. The molecule has 6 nitrogen and oxygen atoms in total. The van der Waals surface area contributed by atoms with Crippen LogP contribution in [0.4, 0.5) is 0 Å². The van der Waals surface area contributed by atoms with Crippen LogP contribution >= 0.6 is 0 Å². The Balaban J connectivity index is 1.66. The highest BCUT2D eigenvalue weighted by molar-refractivity contribution is 5.95. The van der Waals surface area contributed by atoms with Crippen LogP contribution in [0.3, 0.4) is 0 Å². The molecule has 0 aliphatic heterocycles. The van der Waals surface area contributed by atoms with Gasteiger partial charge in [0.05, 0.1) is 0 Å². The van der Waals surface area contributed by atoms with E-state index in [0.717, 1.165) is 18.4 Å². The minimum atomic E-state index is -1.65. The number of rotatable bonds is 3. The quantitative estimate of drug-likeness (QED) is 0.729. The molecule has 3 fully saturated rings. The molecule has 0 aromatic heterocycles. The number of Topliss-reactive ketones (excluding diaryl/α,β-unsaturated/α-hetero) is 2. The third-order valence-corrected chi connectivity index (χ3v) is 8.67. The van der Waals surface area contributed by atoms with Crippen molar-refractivity contribution in [3.63, 3.8) is 0 Å². The van der Waals surface area contributed by atoms with Gasteiger partial charge in [-0.15, -0.1) is 0 Å². The maximum Gasteiger partial charge on any atom is 0.303 e. The van der Waals surface area contributed by atoms with Crippen LogP contribution in [0.15, 0.2) is 11.6 Å². The molecule has 1 N–H and O–H groups in total. The van der Waals surface area contributed by atoms with E-state index in [-0.39, 0.29) is 41.2 Å². The molecule has 0 radical (unpaired) electrons. The summed E-state index contributed by atoms with van der Waals surface area (Å²) in [7, 11) is 0. The number of ether oxygens (including phenoxy) is 1. The van der Waals surface area contributed by atoms with E-state index in [4.69, 9.17) is 4.74 Å². The molecule has 3 saturated carbocycles. The van der Waals surface area contributed by atoms with Crippen LogP contribution in [0.1, 0.15) is 65.7 Å². The van der Waals surface area contributed by atoms with Gasteiger partial charge in [0.1, 0.15) is 11.4 Å². The second-order valence-corrected chi connectivity index (χ2v) is 10.0. The number of hydrogen-bond acceptors (Lipinski definition) is 6. The first-order valence-corrected chi connectivity index (χ1v) is 10.7. The van der Waals surface area contributed by atoms with E-state index in [1.165, 1.54) is 6.92 Å². The van der Waals surface area contributed by atoms with Crippen molar-refractivity contribution in [1.29, 1.82) is 0 Å². The number of hydrogen-bond donors (Lipinski definition) is 1. The van der Waals surface area contributed by atoms with Gasteiger partial charge in [-0.05, 0) is 55.4 Å². The van der Waals surface area contributed by atoms with Crippen molar-refractivity contribution >= 4 is 23.3 Å². The maximum atomic E-state index is 13.5. The number of aliphatic hydroxyl groups is 1. The van der Waals surface area contributed by atoms with E-state index in [1.54, 1.807) is 6.08 Å². The second kappa shape index (κ2) is 6.59. The molecule has 4 aliphatic carbocycles. The van der Waals surface area contributed by atoms with Crippen LogP contribution in [0.5, 0.6) is 0 Å². The van der Waals surface area contributed by atoms with Gasteiger partial charge in [0, 0.05) is 31.1 Å². The highest BCUT2D eigenvalue weighted by atomic mass is 16.5. The summed E-state index contributed by atoms with van der Waals surface area (Å²) < 4.78 is 4.86. The summed E-state index contributed by atoms with van der Waals surface area (Å²) in [5, 5.41) is 11.4. The Bertz CT molecular complexity index is 827. The van der Waals surface area contributed by atoms with Crippen LogP contribution in [0.25, 0.3) is 0 Å². The lowest BCUT2D eigenvalue weighted by molar-refractivity contribution is -0.173. The van der Waals surface area contributed by atoms with Gasteiger partial charge in [-0.1, -0.05) is 19.4 Å². The SMILES string of the molecule is CC(=O)OCC(=O)[C@@]1(O)CC[C@H]2[C@@H]3CCC4=CC(=O)CC[C@@]4(C)[C@@H]3C(=O)C[C@@]21C. The lowest BCUT2D eigenvalue weighted by Gasteiger charge is -2.57. The monoisotopic (exact) mass is 402 g/mol. The lowest BCUT2D eigenvalue weighted by atomic mass is 9.46. The van der Waals surface area contributed by atoms with Gasteiger partial charge in [0.15, 0.2) is 12.4 Å². The molecule has 0 saturated heterocycles. The Labute approximate surface area is 171 Å². The van der Waals surface area contributed by atoms with Gasteiger partial charge < -0.3 is 9.84 Å². The van der Waals surface area contributed by atoms with Crippen molar-refractivity contribution in [2.75, 3.05) is 6.61 Å². The fourth-order valence-corrected chi connectivity index (χ4v) is 7.13. The minimum absolute atomic E-state index is 0.0625. The number of esters is 1. The van der Waals surface area contributed by atoms with E-state index in [0.29, 0.717) is 25.7 Å². The fourth-order valence-electron chi connectivity index (χ4n) is 7.13. The average Bonchev–Trinajstić information content (AvgIpc) is 2.91. The molecule has 158 valence electrons. The first-order valence-electron chi connectivity index (χ1n) is 10.7. The summed E-state index contributed by atoms with van der Waals surface area (Å²) in [6, 6.07) is 0. The molecule has 0 unspecified atom stereocenters. The van der Waals surface area contributed by atoms with Crippen molar-refractivity contribution in [2.45, 2.75) is 71.3 Å². The van der Waals surface area contributed by atoms with Crippen LogP contribution in [0.2, 0.25) is 0 Å². The molecule has 4 aliphatic rings. The third-order valence-electron chi connectivity index (χ3n) is 8.67. The number of allylic oxidation sites excluding steroid dienone is 1. The van der Waals surface area contributed by atoms with Gasteiger partial charge in [-0.3, -0.25) is 19.2 Å². The number of carbonyl (C=O) groups is 4. The van der Waals surface area contributed by atoms with E-state index < -0.39 is 29.4 Å². The Hall–Kier alpha value is -1.82. The second-order valence-electron chi connectivity index (χ2n) is 10.0. The number of ketones is 3. The predicted molar refractivity (Wildman–Crippen MR) is 104 cm³/mol. The summed E-state index contributed by atoms with van der Waals surface area (Å²) in [5.74, 6) is -0.811. The maximum absolute atomic E-state index is 13.5. The highest BCUT2D eigenvalue weighted by Gasteiger charge is 2.68. The van der Waals surface area contributed by atoms with Crippen molar-refractivity contribution < 1.29 is 29.0 Å². The van der Waals surface area contributed by atoms with Crippen LogP contribution in [-0.2, 0) is 23.9 Å². The molecule has 0 heterocycles. The Kier molecular flexibility index (Phi) is 4.65. The van der Waals surface area contributed by atoms with E-state index in [9.17, 15) is 24.3 Å². The minimum Gasteiger partial charge on any atom is -0.458 e. The molecule has 29 heavy (non-hydrogen) atoms. The van der Waals surface area contributed by atoms with Crippen molar-refractivity contribution in [1.82, 2.24) is 0 Å². The molecule has 0 bridgehead atoms. The molecule has 6 heteroatoms. The van der Waals surface area contributed by atoms with Crippen LogP contribution in [0, 0.1) is 28.6 Å². The standard InChI is InChI=1S/C23H30O6/c1-13(24)29-12-19(27)23(28)9-7-17-16-5-4-14-10-15(25)6-8-21(14,2)20(16)18(26)11-22(17,23)3/h10,16-17,20,28H,4-9,11-12H2,1-3H3/t16-,17-,20-,21+,22-,23-/m0/s1. The van der Waals surface area contributed by atoms with Gasteiger partial charge in [-0.2, -0.15) is 0 Å². The Morgan fingerprint density at radius 3 is 2.59 bits per heavy atom. The smallest absolute Gasteiger partial charge is 0.303 e. The highest BCUT2D eigenvalue weighted by Crippen LogP contribution is 2.66. The van der Waals surface area contributed by atoms with E-state index in [1.807, 2.05) is 6.92 Å². The molecular weight excluding hydrogens is 372 g/mol. The zero-order valence-electron chi connectivity index (χ0n) is 17.5.